The summed E-state index contributed by atoms with van der Waals surface area (Å²) in [6.45, 7) is 13.5. The molecule has 1 heterocycles. The molecule has 2 aromatic carbocycles. The van der Waals surface area contributed by atoms with Gasteiger partial charge in [-0.25, -0.2) is 8.42 Å². The quantitative estimate of drug-likeness (QED) is 0.329. The second-order valence-corrected chi connectivity index (χ2v) is 18.0. The van der Waals surface area contributed by atoms with E-state index in [1.807, 2.05) is 24.3 Å². The van der Waals surface area contributed by atoms with Crippen LogP contribution in [0, 0.1) is 5.92 Å². The highest BCUT2D eigenvalue weighted by atomic mass is 32.2. The molecule has 0 radical (unpaired) electrons. The minimum atomic E-state index is -3.79. The highest BCUT2D eigenvalue weighted by molar-refractivity contribution is 7.89. The third kappa shape index (κ3) is 4.41. The maximum atomic E-state index is 13.9. The van der Waals surface area contributed by atoms with Gasteiger partial charge in [-0.15, -0.1) is 0 Å². The summed E-state index contributed by atoms with van der Waals surface area (Å²) in [4.78, 5) is 0.246. The molecule has 0 bridgehead atoms. The first-order valence-electron chi connectivity index (χ1n) is 12.9. The first-order valence-corrected chi connectivity index (χ1v) is 16.4. The van der Waals surface area contributed by atoms with E-state index in [2.05, 4.69) is 59.8 Å². The van der Waals surface area contributed by atoms with Gasteiger partial charge in [0, 0.05) is 18.0 Å². The van der Waals surface area contributed by atoms with Gasteiger partial charge in [0.2, 0.25) is 0 Å². The van der Waals surface area contributed by atoms with Gasteiger partial charge in [-0.2, -0.15) is 0 Å². The summed E-state index contributed by atoms with van der Waals surface area (Å²) < 4.78 is 41.7. The van der Waals surface area contributed by atoms with Crippen molar-refractivity contribution in [3.63, 3.8) is 0 Å². The molecule has 3 atom stereocenters. The molecule has 2 aromatic rings. The largest absolute Gasteiger partial charge is 0.544 e. The van der Waals surface area contributed by atoms with Crippen LogP contribution in [0.2, 0.25) is 16.6 Å². The summed E-state index contributed by atoms with van der Waals surface area (Å²) in [6, 6.07) is 16.5. The molecule has 0 fully saturated rings. The number of sulfonamides is 1. The summed E-state index contributed by atoms with van der Waals surface area (Å²) in [5.74, 6) is 1.46. The molecule has 0 saturated carbocycles. The van der Waals surface area contributed by atoms with Crippen molar-refractivity contribution >= 4 is 18.3 Å². The van der Waals surface area contributed by atoms with Crippen LogP contribution in [-0.2, 0) is 14.4 Å². The lowest BCUT2D eigenvalue weighted by Gasteiger charge is -2.44. The van der Waals surface area contributed by atoms with Crippen LogP contribution < -0.4 is 4.74 Å². The van der Waals surface area contributed by atoms with Gasteiger partial charge in [-0.05, 0) is 52.5 Å². The maximum Gasteiger partial charge on any atom is 0.264 e. The fourth-order valence-corrected chi connectivity index (χ4v) is 13.1. The summed E-state index contributed by atoms with van der Waals surface area (Å²) in [5, 5.41) is 0. The fraction of sp³-hybridized carbons (Fsp3) is 0.448. The highest BCUT2D eigenvalue weighted by Crippen LogP contribution is 2.51. The third-order valence-corrected chi connectivity index (χ3v) is 15.7. The van der Waals surface area contributed by atoms with Gasteiger partial charge in [0.25, 0.3) is 18.3 Å². The van der Waals surface area contributed by atoms with Crippen LogP contribution in [0.15, 0.2) is 83.6 Å². The van der Waals surface area contributed by atoms with E-state index in [-0.39, 0.29) is 16.7 Å². The normalized spacial score (nSPS) is 21.9. The van der Waals surface area contributed by atoms with Crippen molar-refractivity contribution in [3.05, 3.63) is 84.3 Å². The molecule has 194 valence electrons. The Labute approximate surface area is 218 Å². The van der Waals surface area contributed by atoms with Crippen molar-refractivity contribution in [1.29, 1.82) is 0 Å². The Balaban J connectivity index is 1.79. The minimum absolute atomic E-state index is 0.0198. The van der Waals surface area contributed by atoms with Crippen molar-refractivity contribution in [2.24, 2.45) is 5.92 Å². The molecule has 0 N–H and O–H groups in total. The van der Waals surface area contributed by atoms with Crippen LogP contribution in [0.25, 0.3) is 0 Å². The lowest BCUT2D eigenvalue weighted by atomic mass is 9.88. The molecule has 1 aliphatic heterocycles. The standard InChI is InChI=1S/C29H39NO4SSi/c1-20(2)36(21(3)4,22(5)6)34-28-19-27(23-11-9-8-10-12-23)26-17-18-30(29(26)28)35(31,32)25-15-13-24(33-7)14-16-25/h8-22,26-27,29H,1-7H3/t26-,27?,29-/m1/s1. The van der Waals surface area contributed by atoms with E-state index in [1.165, 1.54) is 9.87 Å². The molecule has 0 aromatic heterocycles. The van der Waals surface area contributed by atoms with Gasteiger partial charge < -0.3 is 9.16 Å². The predicted octanol–water partition coefficient (Wildman–Crippen LogP) is 7.07. The highest BCUT2D eigenvalue weighted by Gasteiger charge is 2.53. The zero-order valence-corrected chi connectivity index (χ0v) is 24.2. The molecule has 1 unspecified atom stereocenters. The number of benzene rings is 2. The number of fused-ring (bicyclic) bond motifs is 1. The zero-order chi connectivity index (χ0) is 26.3. The average Bonchev–Trinajstić information content (AvgIpc) is 3.44. The predicted molar refractivity (Wildman–Crippen MR) is 148 cm³/mol. The molecule has 2 aliphatic rings. The van der Waals surface area contributed by atoms with Crippen molar-refractivity contribution < 1.29 is 17.6 Å². The van der Waals surface area contributed by atoms with Crippen molar-refractivity contribution in [2.75, 3.05) is 7.11 Å². The molecule has 36 heavy (non-hydrogen) atoms. The first-order chi connectivity index (χ1) is 17.0. The Bertz CT molecular complexity index is 1200. The molecular formula is C29H39NO4SSi. The number of rotatable bonds is 9. The number of methoxy groups -OCH3 is 1. The molecule has 7 heteroatoms. The Kier molecular flexibility index (Phi) is 7.44. The molecule has 4 rings (SSSR count). The van der Waals surface area contributed by atoms with E-state index in [0.717, 1.165) is 5.76 Å². The zero-order valence-electron chi connectivity index (χ0n) is 22.4. The number of allylic oxidation sites excluding steroid dienone is 1. The SMILES string of the molecule is COc1ccc(S(=O)(=O)N2C=C[C@@H]3C(c4ccccc4)C=C(O[Si](C(C)C)(C(C)C)C(C)C)[C@@H]32)cc1. The van der Waals surface area contributed by atoms with E-state index in [4.69, 9.17) is 9.16 Å². The molecular weight excluding hydrogens is 486 g/mol. The van der Waals surface area contributed by atoms with Crippen LogP contribution in [0.3, 0.4) is 0 Å². The Morgan fingerprint density at radius 2 is 1.44 bits per heavy atom. The maximum absolute atomic E-state index is 13.9. The van der Waals surface area contributed by atoms with Crippen LogP contribution in [0.4, 0.5) is 0 Å². The smallest absolute Gasteiger partial charge is 0.264 e. The first kappa shape index (κ1) is 26.5. The minimum Gasteiger partial charge on any atom is -0.544 e. The van der Waals surface area contributed by atoms with E-state index >= 15 is 0 Å². The number of nitrogens with zero attached hydrogens (tertiary/aromatic N) is 1. The van der Waals surface area contributed by atoms with Crippen LogP contribution in [-0.4, -0.2) is 34.2 Å². The lowest BCUT2D eigenvalue weighted by Crippen LogP contribution is -2.49. The fourth-order valence-electron chi connectivity index (χ4n) is 6.31. The van der Waals surface area contributed by atoms with Crippen LogP contribution >= 0.6 is 0 Å². The van der Waals surface area contributed by atoms with Crippen molar-refractivity contribution in [1.82, 2.24) is 4.31 Å². The van der Waals surface area contributed by atoms with Crippen molar-refractivity contribution in [3.8, 4) is 5.75 Å². The van der Waals surface area contributed by atoms with Gasteiger partial charge >= 0.3 is 0 Å². The summed E-state index contributed by atoms with van der Waals surface area (Å²) in [7, 11) is -4.51. The molecule has 1 aliphatic carbocycles. The van der Waals surface area contributed by atoms with E-state index in [1.54, 1.807) is 37.6 Å². The molecule has 0 saturated heterocycles. The monoisotopic (exact) mass is 525 g/mol. The van der Waals surface area contributed by atoms with Gasteiger partial charge in [0.1, 0.15) is 17.6 Å². The lowest BCUT2D eigenvalue weighted by molar-refractivity contribution is 0.284. The van der Waals surface area contributed by atoms with Crippen LogP contribution in [0.5, 0.6) is 5.75 Å². The van der Waals surface area contributed by atoms with Gasteiger partial charge in [0.05, 0.1) is 12.0 Å². The summed E-state index contributed by atoms with van der Waals surface area (Å²) in [5.41, 5.74) is 2.32. The Morgan fingerprint density at radius 1 is 0.861 bits per heavy atom. The second-order valence-electron chi connectivity index (χ2n) is 10.8. The van der Waals surface area contributed by atoms with Crippen molar-refractivity contribution in [2.45, 2.75) is 75.0 Å². The van der Waals surface area contributed by atoms with E-state index < -0.39 is 24.4 Å². The Morgan fingerprint density at radius 3 is 1.97 bits per heavy atom. The second kappa shape index (κ2) is 10.1. The number of hydrogen-bond donors (Lipinski definition) is 0. The Hall–Kier alpha value is -2.51. The molecule has 5 nitrogen and oxygen atoms in total. The van der Waals surface area contributed by atoms with E-state index in [0.29, 0.717) is 22.4 Å². The molecule has 0 spiro atoms. The van der Waals surface area contributed by atoms with Crippen LogP contribution in [0.1, 0.15) is 53.0 Å². The number of hydrogen-bond acceptors (Lipinski definition) is 4. The van der Waals surface area contributed by atoms with Gasteiger partial charge in [-0.3, -0.25) is 4.31 Å². The number of ether oxygens (including phenoxy) is 1. The average molecular weight is 526 g/mol. The van der Waals surface area contributed by atoms with Gasteiger partial charge in [0.15, 0.2) is 0 Å². The third-order valence-electron chi connectivity index (χ3n) is 7.97. The summed E-state index contributed by atoms with van der Waals surface area (Å²) in [6.07, 6.45) is 5.98. The van der Waals surface area contributed by atoms with E-state index in [9.17, 15) is 8.42 Å². The topological polar surface area (TPSA) is 55.8 Å². The summed E-state index contributed by atoms with van der Waals surface area (Å²) >= 11 is 0. The van der Waals surface area contributed by atoms with Gasteiger partial charge in [-0.1, -0.05) is 78.0 Å². The molecule has 0 amide bonds.